The van der Waals surface area contributed by atoms with Crippen LogP contribution >= 0.6 is 0 Å². The van der Waals surface area contributed by atoms with Gasteiger partial charge in [0.05, 0.1) is 6.61 Å². The Morgan fingerprint density at radius 3 is 2.79 bits per heavy atom. The Bertz CT molecular complexity index is 415. The molecule has 1 aromatic carbocycles. The lowest BCUT2D eigenvalue weighted by molar-refractivity contribution is 0.0690. The van der Waals surface area contributed by atoms with Crippen LogP contribution in [-0.4, -0.2) is 17.7 Å². The van der Waals surface area contributed by atoms with Crippen LogP contribution in [0.1, 0.15) is 15.9 Å². The van der Waals surface area contributed by atoms with E-state index in [2.05, 4.69) is 0 Å². The quantitative estimate of drug-likeness (QED) is 0.748. The summed E-state index contributed by atoms with van der Waals surface area (Å²) in [6, 6.07) is 0.535. The Morgan fingerprint density at radius 1 is 1.43 bits per heavy atom. The molecule has 0 saturated carbocycles. The standard InChI is InChI=1S/C9H6F2O3/c10-5-3-6(11)8-4(1-2-14-8)7(5)9(12)13/h3H,1-2H2,(H,12,13). The molecule has 0 aliphatic carbocycles. The lowest BCUT2D eigenvalue weighted by Crippen LogP contribution is -2.05. The minimum absolute atomic E-state index is 0.106. The van der Waals surface area contributed by atoms with Crippen molar-refractivity contribution >= 4 is 5.97 Å². The normalized spacial score (nSPS) is 13.6. The number of carbonyl (C=O) groups is 1. The van der Waals surface area contributed by atoms with Gasteiger partial charge in [0.1, 0.15) is 11.4 Å². The van der Waals surface area contributed by atoms with Crippen molar-refractivity contribution in [3.05, 3.63) is 28.8 Å². The van der Waals surface area contributed by atoms with Crippen LogP contribution in [0.15, 0.2) is 6.07 Å². The maximum atomic E-state index is 13.1. The second kappa shape index (κ2) is 2.94. The maximum Gasteiger partial charge on any atom is 0.339 e. The number of rotatable bonds is 1. The number of carboxylic acids is 1. The molecule has 2 rings (SSSR count). The van der Waals surface area contributed by atoms with Gasteiger partial charge in [-0.25, -0.2) is 13.6 Å². The van der Waals surface area contributed by atoms with E-state index < -0.39 is 23.2 Å². The van der Waals surface area contributed by atoms with Crippen molar-refractivity contribution in [1.29, 1.82) is 0 Å². The summed E-state index contributed by atoms with van der Waals surface area (Å²) in [6.07, 6.45) is 0.228. The average Bonchev–Trinajstić information content (AvgIpc) is 2.51. The Balaban J connectivity index is 2.72. The molecule has 0 amide bonds. The predicted octanol–water partition coefficient (Wildman–Crippen LogP) is 1.60. The molecule has 0 radical (unpaired) electrons. The summed E-state index contributed by atoms with van der Waals surface area (Å²) in [6.45, 7) is 0.190. The van der Waals surface area contributed by atoms with Crippen molar-refractivity contribution in [3.63, 3.8) is 0 Å². The number of hydrogen-bond donors (Lipinski definition) is 1. The van der Waals surface area contributed by atoms with Crippen molar-refractivity contribution in [2.45, 2.75) is 6.42 Å². The first-order valence-corrected chi connectivity index (χ1v) is 3.98. The molecule has 0 atom stereocenters. The fourth-order valence-corrected chi connectivity index (χ4v) is 1.53. The maximum absolute atomic E-state index is 13.1. The van der Waals surface area contributed by atoms with Crippen molar-refractivity contribution in [2.24, 2.45) is 0 Å². The van der Waals surface area contributed by atoms with Crippen molar-refractivity contribution in [3.8, 4) is 5.75 Å². The van der Waals surface area contributed by atoms with Gasteiger partial charge in [0.25, 0.3) is 0 Å². The Kier molecular flexibility index (Phi) is 1.87. The minimum Gasteiger partial charge on any atom is -0.490 e. The first-order valence-electron chi connectivity index (χ1n) is 3.98. The van der Waals surface area contributed by atoms with Crippen LogP contribution in [0.25, 0.3) is 0 Å². The molecule has 14 heavy (non-hydrogen) atoms. The Labute approximate surface area is 77.9 Å². The van der Waals surface area contributed by atoms with Crippen LogP contribution in [0, 0.1) is 11.6 Å². The van der Waals surface area contributed by atoms with Gasteiger partial charge in [0.15, 0.2) is 11.6 Å². The third-order valence-electron chi connectivity index (χ3n) is 2.10. The molecule has 1 N–H and O–H groups in total. The molecule has 0 saturated heterocycles. The SMILES string of the molecule is O=C(O)c1c(F)cc(F)c2c1CCO2. The second-order valence-corrected chi connectivity index (χ2v) is 2.93. The van der Waals surface area contributed by atoms with Crippen LogP contribution in [-0.2, 0) is 6.42 Å². The van der Waals surface area contributed by atoms with E-state index in [9.17, 15) is 13.6 Å². The fraction of sp³-hybridized carbons (Fsp3) is 0.222. The fourth-order valence-electron chi connectivity index (χ4n) is 1.53. The lowest BCUT2D eigenvalue weighted by Gasteiger charge is -2.04. The van der Waals surface area contributed by atoms with Gasteiger partial charge in [-0.3, -0.25) is 0 Å². The van der Waals surface area contributed by atoms with Gasteiger partial charge in [0.2, 0.25) is 0 Å². The third kappa shape index (κ3) is 1.13. The van der Waals surface area contributed by atoms with E-state index >= 15 is 0 Å². The van der Waals surface area contributed by atoms with Crippen LogP contribution < -0.4 is 4.74 Å². The van der Waals surface area contributed by atoms with E-state index in [-0.39, 0.29) is 24.3 Å². The molecule has 74 valence electrons. The van der Waals surface area contributed by atoms with Crippen LogP contribution in [0.4, 0.5) is 8.78 Å². The van der Waals surface area contributed by atoms with Gasteiger partial charge in [-0.1, -0.05) is 0 Å². The molecule has 0 fully saturated rings. The van der Waals surface area contributed by atoms with Crippen molar-refractivity contribution in [1.82, 2.24) is 0 Å². The van der Waals surface area contributed by atoms with E-state index in [0.717, 1.165) is 0 Å². The van der Waals surface area contributed by atoms with Gasteiger partial charge in [-0.05, 0) is 0 Å². The number of carboxylic acid groups (broad SMARTS) is 1. The van der Waals surface area contributed by atoms with E-state index in [4.69, 9.17) is 9.84 Å². The van der Waals surface area contributed by atoms with Gasteiger partial charge in [0, 0.05) is 18.1 Å². The first-order chi connectivity index (χ1) is 6.61. The number of aromatic carboxylic acids is 1. The molecule has 1 aromatic rings. The van der Waals surface area contributed by atoms with Gasteiger partial charge in [-0.15, -0.1) is 0 Å². The Morgan fingerprint density at radius 2 is 2.14 bits per heavy atom. The summed E-state index contributed by atoms with van der Waals surface area (Å²) in [5.41, 5.74) is -0.381. The van der Waals surface area contributed by atoms with Gasteiger partial charge < -0.3 is 9.84 Å². The van der Waals surface area contributed by atoms with Crippen molar-refractivity contribution in [2.75, 3.05) is 6.61 Å². The van der Waals surface area contributed by atoms with Crippen LogP contribution in [0.5, 0.6) is 5.75 Å². The molecular formula is C9H6F2O3. The zero-order valence-corrected chi connectivity index (χ0v) is 7.01. The molecule has 0 aromatic heterocycles. The van der Waals surface area contributed by atoms with Crippen LogP contribution in [0.2, 0.25) is 0 Å². The highest BCUT2D eigenvalue weighted by atomic mass is 19.1. The van der Waals surface area contributed by atoms with E-state index in [1.165, 1.54) is 0 Å². The lowest BCUT2D eigenvalue weighted by atomic mass is 10.0. The Hall–Kier alpha value is -1.65. The third-order valence-corrected chi connectivity index (χ3v) is 2.10. The summed E-state index contributed by atoms with van der Waals surface area (Å²) < 4.78 is 31.0. The van der Waals surface area contributed by atoms with E-state index in [1.54, 1.807) is 0 Å². The molecule has 0 unspecified atom stereocenters. The second-order valence-electron chi connectivity index (χ2n) is 2.93. The largest absolute Gasteiger partial charge is 0.490 e. The average molecular weight is 200 g/mol. The highest BCUT2D eigenvalue weighted by Crippen LogP contribution is 2.33. The highest BCUT2D eigenvalue weighted by molar-refractivity contribution is 5.90. The first kappa shape index (κ1) is 8.93. The zero-order chi connectivity index (χ0) is 10.3. The van der Waals surface area contributed by atoms with Crippen molar-refractivity contribution < 1.29 is 23.4 Å². The number of hydrogen-bond acceptors (Lipinski definition) is 2. The number of benzene rings is 1. The monoisotopic (exact) mass is 200 g/mol. The topological polar surface area (TPSA) is 46.5 Å². The molecule has 3 nitrogen and oxygen atoms in total. The number of ether oxygens (including phenoxy) is 1. The minimum atomic E-state index is -1.40. The van der Waals surface area contributed by atoms with E-state index in [0.29, 0.717) is 6.07 Å². The summed E-state index contributed by atoms with van der Waals surface area (Å²) >= 11 is 0. The molecule has 1 aliphatic rings. The molecular weight excluding hydrogens is 194 g/mol. The van der Waals surface area contributed by atoms with Gasteiger partial charge in [-0.2, -0.15) is 0 Å². The summed E-state index contributed by atoms with van der Waals surface area (Å²) in [5.74, 6) is -3.44. The summed E-state index contributed by atoms with van der Waals surface area (Å²) in [4.78, 5) is 10.7. The molecule has 1 heterocycles. The zero-order valence-electron chi connectivity index (χ0n) is 7.01. The molecule has 5 heteroatoms. The smallest absolute Gasteiger partial charge is 0.339 e. The van der Waals surface area contributed by atoms with Gasteiger partial charge >= 0.3 is 5.97 Å². The highest BCUT2D eigenvalue weighted by Gasteiger charge is 2.27. The number of fused-ring (bicyclic) bond motifs is 1. The van der Waals surface area contributed by atoms with E-state index in [1.807, 2.05) is 0 Å². The summed E-state index contributed by atoms with van der Waals surface area (Å²) in [5, 5.41) is 8.70. The molecule has 0 spiro atoms. The molecule has 0 bridgehead atoms. The molecule has 1 aliphatic heterocycles. The predicted molar refractivity (Wildman–Crippen MR) is 42.5 cm³/mol. The van der Waals surface area contributed by atoms with Crippen LogP contribution in [0.3, 0.4) is 0 Å². The summed E-state index contributed by atoms with van der Waals surface area (Å²) in [7, 11) is 0. The number of halogens is 2.